The van der Waals surface area contributed by atoms with Crippen LogP contribution in [0.15, 0.2) is 40.8 Å². The van der Waals surface area contributed by atoms with Crippen LogP contribution in [0, 0.1) is 6.92 Å². The summed E-state index contributed by atoms with van der Waals surface area (Å²) in [7, 11) is 0. The normalized spacial score (nSPS) is 10.3. The third-order valence-corrected chi connectivity index (χ3v) is 2.94. The van der Waals surface area contributed by atoms with Gasteiger partial charge in [0.1, 0.15) is 12.3 Å². The van der Waals surface area contributed by atoms with Crippen LogP contribution in [0.1, 0.15) is 21.9 Å². The summed E-state index contributed by atoms with van der Waals surface area (Å²) in [5, 5.41) is 0. The van der Waals surface area contributed by atoms with Gasteiger partial charge >= 0.3 is 0 Å². The minimum atomic E-state index is -0.581. The van der Waals surface area contributed by atoms with E-state index in [4.69, 9.17) is 15.9 Å². The monoisotopic (exact) mass is 287 g/mol. The molecule has 0 aliphatic heterocycles. The van der Waals surface area contributed by atoms with Gasteiger partial charge in [-0.15, -0.1) is 0 Å². The summed E-state index contributed by atoms with van der Waals surface area (Å²) in [4.78, 5) is 24.9. The molecule has 2 rings (SSSR count). The van der Waals surface area contributed by atoms with Crippen LogP contribution in [0.2, 0.25) is 0 Å². The maximum absolute atomic E-state index is 12.4. The van der Waals surface area contributed by atoms with Crippen LogP contribution in [-0.2, 0) is 11.3 Å². The number of furan rings is 1. The van der Waals surface area contributed by atoms with Gasteiger partial charge in [0.25, 0.3) is 5.91 Å². The third-order valence-electron chi connectivity index (χ3n) is 2.94. The van der Waals surface area contributed by atoms with Crippen molar-refractivity contribution in [2.24, 2.45) is 5.73 Å². The number of benzene rings is 1. The molecular weight excluding hydrogens is 270 g/mol. The van der Waals surface area contributed by atoms with Gasteiger partial charge in [-0.3, -0.25) is 9.59 Å². The number of aryl methyl sites for hydroxylation is 1. The van der Waals surface area contributed by atoms with Crippen molar-refractivity contribution in [1.29, 1.82) is 0 Å². The largest absolute Gasteiger partial charge is 0.456 e. The Kier molecular flexibility index (Phi) is 4.27. The number of nitrogens with two attached hydrogens (primary N) is 2. The standard InChI is InChI=1S/C15H17N3O3/c1-10-2-7-13(21-10)15(20)18(9-14(17)19)8-11-3-5-12(16)6-4-11/h2-7H,8-9,16H2,1H3,(H2,17,19). The topological polar surface area (TPSA) is 103 Å². The summed E-state index contributed by atoms with van der Waals surface area (Å²) < 4.78 is 5.30. The molecule has 0 bridgehead atoms. The molecule has 2 aromatic rings. The highest BCUT2D eigenvalue weighted by Crippen LogP contribution is 2.14. The number of rotatable bonds is 5. The van der Waals surface area contributed by atoms with E-state index in [0.717, 1.165) is 5.56 Å². The van der Waals surface area contributed by atoms with Crippen LogP contribution in [0.3, 0.4) is 0 Å². The van der Waals surface area contributed by atoms with Crippen molar-refractivity contribution < 1.29 is 14.0 Å². The number of amides is 2. The molecule has 2 amide bonds. The van der Waals surface area contributed by atoms with Gasteiger partial charge < -0.3 is 20.8 Å². The average Bonchev–Trinajstić information content (AvgIpc) is 2.86. The molecule has 0 saturated carbocycles. The number of carbonyl (C=O) groups is 2. The summed E-state index contributed by atoms with van der Waals surface area (Å²) in [5.41, 5.74) is 12.3. The minimum absolute atomic E-state index is 0.178. The Morgan fingerprint density at radius 3 is 2.33 bits per heavy atom. The molecule has 0 aliphatic rings. The molecule has 0 fully saturated rings. The summed E-state index contributed by atoms with van der Waals surface area (Å²) in [6.07, 6.45) is 0. The molecule has 6 nitrogen and oxygen atoms in total. The molecule has 0 spiro atoms. The Morgan fingerprint density at radius 2 is 1.81 bits per heavy atom. The van der Waals surface area contributed by atoms with Crippen molar-refractivity contribution in [3.8, 4) is 0 Å². The van der Waals surface area contributed by atoms with Crippen LogP contribution in [-0.4, -0.2) is 23.3 Å². The van der Waals surface area contributed by atoms with Crippen molar-refractivity contribution in [2.45, 2.75) is 13.5 Å². The van der Waals surface area contributed by atoms with Gasteiger partial charge in [0.2, 0.25) is 5.91 Å². The fourth-order valence-corrected chi connectivity index (χ4v) is 1.94. The molecule has 1 heterocycles. The first-order valence-corrected chi connectivity index (χ1v) is 6.44. The van der Waals surface area contributed by atoms with Crippen molar-refractivity contribution in [1.82, 2.24) is 4.90 Å². The van der Waals surface area contributed by atoms with E-state index in [-0.39, 0.29) is 24.8 Å². The Labute approximate surface area is 122 Å². The second-order valence-corrected chi connectivity index (χ2v) is 4.78. The van der Waals surface area contributed by atoms with Gasteiger partial charge in [-0.05, 0) is 36.8 Å². The summed E-state index contributed by atoms with van der Waals surface area (Å²) in [6, 6.07) is 10.3. The van der Waals surface area contributed by atoms with E-state index >= 15 is 0 Å². The predicted octanol–water partition coefficient (Wildman–Crippen LogP) is 1.30. The summed E-state index contributed by atoms with van der Waals surface area (Å²) >= 11 is 0. The lowest BCUT2D eigenvalue weighted by atomic mass is 10.2. The van der Waals surface area contributed by atoms with E-state index in [0.29, 0.717) is 11.4 Å². The molecule has 0 atom stereocenters. The molecule has 21 heavy (non-hydrogen) atoms. The molecule has 110 valence electrons. The molecule has 1 aromatic heterocycles. The van der Waals surface area contributed by atoms with Crippen LogP contribution >= 0.6 is 0 Å². The second-order valence-electron chi connectivity index (χ2n) is 4.78. The Bertz CT molecular complexity index is 646. The summed E-state index contributed by atoms with van der Waals surface area (Å²) in [5.74, 6) is -0.144. The minimum Gasteiger partial charge on any atom is -0.456 e. The highest BCUT2D eigenvalue weighted by Gasteiger charge is 2.20. The smallest absolute Gasteiger partial charge is 0.290 e. The predicted molar refractivity (Wildman–Crippen MR) is 78.2 cm³/mol. The molecule has 0 unspecified atom stereocenters. The number of nitrogen functional groups attached to an aromatic ring is 1. The van der Waals surface area contributed by atoms with E-state index in [1.807, 2.05) is 0 Å². The number of hydrogen-bond acceptors (Lipinski definition) is 4. The lowest BCUT2D eigenvalue weighted by Crippen LogP contribution is -2.37. The molecular formula is C15H17N3O3. The lowest BCUT2D eigenvalue weighted by molar-refractivity contribution is -0.118. The Morgan fingerprint density at radius 1 is 1.14 bits per heavy atom. The van der Waals surface area contributed by atoms with Gasteiger partial charge in [0.15, 0.2) is 5.76 Å². The lowest BCUT2D eigenvalue weighted by Gasteiger charge is -2.20. The van der Waals surface area contributed by atoms with Crippen LogP contribution < -0.4 is 11.5 Å². The van der Waals surface area contributed by atoms with Gasteiger partial charge in [-0.2, -0.15) is 0 Å². The fraction of sp³-hybridized carbons (Fsp3) is 0.200. The first-order valence-electron chi connectivity index (χ1n) is 6.44. The van der Waals surface area contributed by atoms with Crippen molar-refractivity contribution in [2.75, 3.05) is 12.3 Å². The van der Waals surface area contributed by atoms with Gasteiger partial charge in [-0.1, -0.05) is 12.1 Å². The second kappa shape index (κ2) is 6.13. The van der Waals surface area contributed by atoms with Crippen LogP contribution in [0.5, 0.6) is 0 Å². The van der Waals surface area contributed by atoms with Gasteiger partial charge in [0, 0.05) is 12.2 Å². The number of nitrogens with zero attached hydrogens (tertiary/aromatic N) is 1. The fourth-order valence-electron chi connectivity index (χ4n) is 1.94. The Hall–Kier alpha value is -2.76. The highest BCUT2D eigenvalue weighted by atomic mass is 16.3. The highest BCUT2D eigenvalue weighted by molar-refractivity contribution is 5.94. The van der Waals surface area contributed by atoms with Crippen molar-refractivity contribution in [3.05, 3.63) is 53.5 Å². The number of carbonyl (C=O) groups excluding carboxylic acids is 2. The van der Waals surface area contributed by atoms with Gasteiger partial charge in [0.05, 0.1) is 0 Å². The van der Waals surface area contributed by atoms with Crippen LogP contribution in [0.4, 0.5) is 5.69 Å². The van der Waals surface area contributed by atoms with E-state index < -0.39 is 5.91 Å². The molecule has 1 aromatic carbocycles. The first kappa shape index (κ1) is 14.6. The Balaban J connectivity index is 2.19. The maximum Gasteiger partial charge on any atom is 0.290 e. The SMILES string of the molecule is Cc1ccc(C(=O)N(CC(N)=O)Cc2ccc(N)cc2)o1. The molecule has 4 N–H and O–H groups in total. The molecule has 6 heteroatoms. The number of anilines is 1. The average molecular weight is 287 g/mol. The zero-order valence-corrected chi connectivity index (χ0v) is 11.7. The van der Waals surface area contributed by atoms with E-state index in [2.05, 4.69) is 0 Å². The van der Waals surface area contributed by atoms with Crippen molar-refractivity contribution >= 4 is 17.5 Å². The van der Waals surface area contributed by atoms with Gasteiger partial charge in [-0.25, -0.2) is 0 Å². The zero-order chi connectivity index (χ0) is 15.4. The molecule has 0 radical (unpaired) electrons. The van der Waals surface area contributed by atoms with E-state index in [9.17, 15) is 9.59 Å². The number of hydrogen-bond donors (Lipinski definition) is 2. The third kappa shape index (κ3) is 3.85. The molecule has 0 saturated heterocycles. The van der Waals surface area contributed by atoms with E-state index in [1.54, 1.807) is 43.3 Å². The number of primary amides is 1. The zero-order valence-electron chi connectivity index (χ0n) is 11.7. The van der Waals surface area contributed by atoms with E-state index in [1.165, 1.54) is 4.90 Å². The maximum atomic E-state index is 12.4. The van der Waals surface area contributed by atoms with Crippen LogP contribution in [0.25, 0.3) is 0 Å². The van der Waals surface area contributed by atoms with Crippen molar-refractivity contribution in [3.63, 3.8) is 0 Å². The first-order chi connectivity index (χ1) is 9.95. The quantitative estimate of drug-likeness (QED) is 0.809. The summed E-state index contributed by atoms with van der Waals surface area (Å²) in [6.45, 7) is 1.82. The molecule has 0 aliphatic carbocycles.